The summed E-state index contributed by atoms with van der Waals surface area (Å²) in [6.45, 7) is 2.13. The van der Waals surface area contributed by atoms with Gasteiger partial charge in [0, 0.05) is 0 Å². The first kappa shape index (κ1) is 10.5. The highest BCUT2D eigenvalue weighted by atomic mass is 17.2. The van der Waals surface area contributed by atoms with Crippen molar-refractivity contribution < 1.29 is 19.3 Å². The second-order valence-corrected chi connectivity index (χ2v) is 2.49. The summed E-state index contributed by atoms with van der Waals surface area (Å²) in [4.78, 5) is 20.4. The van der Waals surface area contributed by atoms with E-state index in [1.165, 1.54) is 7.11 Å². The summed E-state index contributed by atoms with van der Waals surface area (Å²) >= 11 is 0. The standard InChI is InChI=1S/C10H12O4/c1-3-13-10(11)8-4-6-9(7-5-8)14-12-2/h4-7H,3H2,1-2H3. The molecule has 0 radical (unpaired) electrons. The smallest absolute Gasteiger partial charge is 0.338 e. The molecule has 0 bridgehead atoms. The molecule has 1 rings (SSSR count). The van der Waals surface area contributed by atoms with Crippen molar-refractivity contribution in [3.05, 3.63) is 29.8 Å². The molecule has 0 heterocycles. The minimum Gasteiger partial charge on any atom is -0.462 e. The maximum absolute atomic E-state index is 11.2. The van der Waals surface area contributed by atoms with Gasteiger partial charge < -0.3 is 9.62 Å². The van der Waals surface area contributed by atoms with Gasteiger partial charge in [-0.2, -0.15) is 4.89 Å². The Hall–Kier alpha value is -1.55. The van der Waals surface area contributed by atoms with Crippen LogP contribution in [0.25, 0.3) is 0 Å². The zero-order valence-corrected chi connectivity index (χ0v) is 8.15. The fourth-order valence-electron chi connectivity index (χ4n) is 0.957. The van der Waals surface area contributed by atoms with Crippen molar-refractivity contribution in [3.8, 4) is 5.75 Å². The molecule has 0 fully saturated rings. The van der Waals surface area contributed by atoms with Crippen LogP contribution in [-0.4, -0.2) is 19.7 Å². The summed E-state index contributed by atoms with van der Waals surface area (Å²) in [5.74, 6) is 0.206. The summed E-state index contributed by atoms with van der Waals surface area (Å²) in [5, 5.41) is 0. The highest BCUT2D eigenvalue weighted by molar-refractivity contribution is 5.89. The normalized spacial score (nSPS) is 9.57. The second kappa shape index (κ2) is 5.24. The zero-order valence-electron chi connectivity index (χ0n) is 8.15. The summed E-state index contributed by atoms with van der Waals surface area (Å²) in [5.41, 5.74) is 0.496. The Balaban J connectivity index is 2.67. The van der Waals surface area contributed by atoms with E-state index < -0.39 is 0 Å². The van der Waals surface area contributed by atoms with E-state index in [0.29, 0.717) is 17.9 Å². The topological polar surface area (TPSA) is 44.8 Å². The maximum Gasteiger partial charge on any atom is 0.338 e. The quantitative estimate of drug-likeness (QED) is 0.418. The lowest BCUT2D eigenvalue weighted by Gasteiger charge is -2.03. The van der Waals surface area contributed by atoms with Crippen molar-refractivity contribution >= 4 is 5.97 Å². The fourth-order valence-corrected chi connectivity index (χ4v) is 0.957. The van der Waals surface area contributed by atoms with Crippen LogP contribution in [-0.2, 0) is 9.62 Å². The van der Waals surface area contributed by atoms with Crippen molar-refractivity contribution in [1.82, 2.24) is 0 Å². The van der Waals surface area contributed by atoms with E-state index in [0.717, 1.165) is 0 Å². The molecule has 0 amide bonds. The van der Waals surface area contributed by atoms with Crippen molar-refractivity contribution in [3.63, 3.8) is 0 Å². The lowest BCUT2D eigenvalue weighted by atomic mass is 10.2. The van der Waals surface area contributed by atoms with E-state index in [1.807, 2.05) is 0 Å². The van der Waals surface area contributed by atoms with Crippen molar-refractivity contribution in [2.24, 2.45) is 0 Å². The Bertz CT molecular complexity index is 291. The average molecular weight is 196 g/mol. The summed E-state index contributed by atoms with van der Waals surface area (Å²) in [6.07, 6.45) is 0. The highest BCUT2D eigenvalue weighted by Crippen LogP contribution is 2.12. The van der Waals surface area contributed by atoms with Gasteiger partial charge in [0.25, 0.3) is 0 Å². The third-order valence-corrected chi connectivity index (χ3v) is 1.55. The maximum atomic E-state index is 11.2. The Kier molecular flexibility index (Phi) is 3.94. The first-order valence-corrected chi connectivity index (χ1v) is 4.25. The molecule has 0 aliphatic carbocycles. The van der Waals surface area contributed by atoms with Crippen LogP contribution >= 0.6 is 0 Å². The Morgan fingerprint density at radius 1 is 1.29 bits per heavy atom. The molecular weight excluding hydrogens is 184 g/mol. The molecule has 4 heteroatoms. The van der Waals surface area contributed by atoms with Gasteiger partial charge >= 0.3 is 5.97 Å². The van der Waals surface area contributed by atoms with E-state index in [1.54, 1.807) is 31.2 Å². The molecule has 14 heavy (non-hydrogen) atoms. The molecule has 0 saturated heterocycles. The van der Waals surface area contributed by atoms with Gasteiger partial charge in [-0.1, -0.05) is 0 Å². The van der Waals surface area contributed by atoms with Crippen LogP contribution in [0.3, 0.4) is 0 Å². The Labute approximate surface area is 82.3 Å². The SMILES string of the molecule is CCOC(=O)c1ccc(OOC)cc1. The number of esters is 1. The van der Waals surface area contributed by atoms with E-state index in [4.69, 9.17) is 9.62 Å². The summed E-state index contributed by atoms with van der Waals surface area (Å²) in [7, 11) is 1.42. The van der Waals surface area contributed by atoms with E-state index in [2.05, 4.69) is 4.89 Å². The molecule has 0 spiro atoms. The molecule has 0 unspecified atom stereocenters. The van der Waals surface area contributed by atoms with Gasteiger partial charge in [-0.25, -0.2) is 4.79 Å². The lowest BCUT2D eigenvalue weighted by Crippen LogP contribution is -2.04. The fraction of sp³-hybridized carbons (Fsp3) is 0.300. The number of hydrogen-bond donors (Lipinski definition) is 0. The number of ether oxygens (including phenoxy) is 1. The second-order valence-electron chi connectivity index (χ2n) is 2.49. The molecule has 0 N–H and O–H groups in total. The molecule has 0 aliphatic heterocycles. The molecular formula is C10H12O4. The van der Waals surface area contributed by atoms with Crippen LogP contribution in [0.2, 0.25) is 0 Å². The van der Waals surface area contributed by atoms with Crippen LogP contribution in [0.15, 0.2) is 24.3 Å². The van der Waals surface area contributed by atoms with Crippen LogP contribution in [0.5, 0.6) is 5.75 Å². The number of benzene rings is 1. The first-order chi connectivity index (χ1) is 6.77. The predicted molar refractivity (Wildman–Crippen MR) is 50.0 cm³/mol. The number of rotatable bonds is 4. The van der Waals surface area contributed by atoms with Crippen LogP contribution in [0.1, 0.15) is 17.3 Å². The first-order valence-electron chi connectivity index (χ1n) is 4.25. The lowest BCUT2D eigenvalue weighted by molar-refractivity contribution is -0.178. The van der Waals surface area contributed by atoms with Gasteiger partial charge in [-0.15, -0.1) is 0 Å². The zero-order chi connectivity index (χ0) is 10.4. The minimum atomic E-state index is -0.337. The monoisotopic (exact) mass is 196 g/mol. The van der Waals surface area contributed by atoms with Crippen molar-refractivity contribution in [2.45, 2.75) is 6.92 Å². The van der Waals surface area contributed by atoms with Crippen molar-refractivity contribution in [1.29, 1.82) is 0 Å². The molecule has 0 saturated carbocycles. The van der Waals surface area contributed by atoms with Crippen molar-refractivity contribution in [2.75, 3.05) is 13.7 Å². The molecule has 1 aromatic carbocycles. The van der Waals surface area contributed by atoms with E-state index in [9.17, 15) is 4.79 Å². The predicted octanol–water partition coefficient (Wildman–Crippen LogP) is 1.80. The number of carbonyl (C=O) groups is 1. The summed E-state index contributed by atoms with van der Waals surface area (Å²) < 4.78 is 4.82. The van der Waals surface area contributed by atoms with Crippen LogP contribution in [0.4, 0.5) is 0 Å². The van der Waals surface area contributed by atoms with Gasteiger partial charge in [0.2, 0.25) is 0 Å². The minimum absolute atomic E-state index is 0.337. The summed E-state index contributed by atoms with van der Waals surface area (Å²) in [6, 6.07) is 6.50. The third-order valence-electron chi connectivity index (χ3n) is 1.55. The Morgan fingerprint density at radius 3 is 2.43 bits per heavy atom. The molecule has 0 aromatic heterocycles. The van der Waals surface area contributed by atoms with Crippen LogP contribution < -0.4 is 4.89 Å². The third kappa shape index (κ3) is 2.74. The molecule has 1 aromatic rings. The van der Waals surface area contributed by atoms with E-state index >= 15 is 0 Å². The average Bonchev–Trinajstić information content (AvgIpc) is 2.20. The molecule has 0 atom stereocenters. The van der Waals surface area contributed by atoms with Gasteiger partial charge in [-0.05, 0) is 31.2 Å². The van der Waals surface area contributed by atoms with Gasteiger partial charge in [0.1, 0.15) is 0 Å². The van der Waals surface area contributed by atoms with Gasteiger partial charge in [0.15, 0.2) is 5.75 Å². The largest absolute Gasteiger partial charge is 0.462 e. The highest BCUT2D eigenvalue weighted by Gasteiger charge is 2.05. The number of hydrogen-bond acceptors (Lipinski definition) is 4. The van der Waals surface area contributed by atoms with Crippen LogP contribution in [0, 0.1) is 0 Å². The molecule has 76 valence electrons. The molecule has 4 nitrogen and oxygen atoms in total. The number of carbonyl (C=O) groups excluding carboxylic acids is 1. The molecule has 0 aliphatic rings. The van der Waals surface area contributed by atoms with E-state index in [-0.39, 0.29) is 5.97 Å². The van der Waals surface area contributed by atoms with Gasteiger partial charge in [-0.3, -0.25) is 0 Å². The Morgan fingerprint density at radius 2 is 1.93 bits per heavy atom. The van der Waals surface area contributed by atoms with Gasteiger partial charge in [0.05, 0.1) is 19.3 Å².